The molecule has 25 heavy (non-hydrogen) atoms. The number of guanidine groups is 1. The highest BCUT2D eigenvalue weighted by Crippen LogP contribution is 2.24. The molecular weight excluding hydrogens is 310 g/mol. The molecule has 0 saturated heterocycles. The molecule has 4 nitrogen and oxygen atoms in total. The molecule has 2 aromatic rings. The fourth-order valence-electron chi connectivity index (χ4n) is 3.12. The molecular formula is C21H27N3O. The Hall–Kier alpha value is -2.33. The average molecular weight is 337 g/mol. The summed E-state index contributed by atoms with van der Waals surface area (Å²) in [7, 11) is 0. The molecule has 1 aliphatic carbocycles. The van der Waals surface area contributed by atoms with E-state index in [-0.39, 0.29) is 0 Å². The Balaban J connectivity index is 1.31. The molecule has 3 rings (SSSR count). The third kappa shape index (κ3) is 5.61. The number of fused-ring (bicyclic) bond motifs is 1. The van der Waals surface area contributed by atoms with Gasteiger partial charge in [0.15, 0.2) is 5.96 Å². The first-order valence-corrected chi connectivity index (χ1v) is 9.12. The maximum absolute atomic E-state index is 5.98. The minimum Gasteiger partial charge on any atom is -0.377 e. The molecule has 132 valence electrons. The van der Waals surface area contributed by atoms with Gasteiger partial charge in [0.05, 0.1) is 6.61 Å². The highest BCUT2D eigenvalue weighted by Gasteiger charge is 2.10. The first kappa shape index (κ1) is 17.5. The summed E-state index contributed by atoms with van der Waals surface area (Å²) in [6, 6.07) is 16.7. The highest BCUT2D eigenvalue weighted by atomic mass is 16.5. The summed E-state index contributed by atoms with van der Waals surface area (Å²) in [6.07, 6.45) is 5.59. The Labute approximate surface area is 150 Å². The van der Waals surface area contributed by atoms with Gasteiger partial charge in [-0.2, -0.15) is 0 Å². The molecule has 0 spiro atoms. The molecule has 0 aromatic heterocycles. The van der Waals surface area contributed by atoms with Crippen molar-refractivity contribution in [3.05, 3.63) is 65.2 Å². The summed E-state index contributed by atoms with van der Waals surface area (Å²) in [5.41, 5.74) is 11.1. The number of unbranched alkanes of at least 4 members (excludes halogenated alkanes) is 1. The van der Waals surface area contributed by atoms with Crippen LogP contribution in [0.3, 0.4) is 0 Å². The lowest BCUT2D eigenvalue weighted by Gasteiger charge is -2.08. The van der Waals surface area contributed by atoms with Crippen molar-refractivity contribution in [2.24, 2.45) is 10.7 Å². The van der Waals surface area contributed by atoms with Crippen molar-refractivity contribution in [2.45, 2.75) is 38.7 Å². The van der Waals surface area contributed by atoms with Gasteiger partial charge in [-0.1, -0.05) is 36.4 Å². The van der Waals surface area contributed by atoms with Crippen molar-refractivity contribution in [3.8, 4) is 0 Å². The van der Waals surface area contributed by atoms with E-state index in [2.05, 4.69) is 40.6 Å². The van der Waals surface area contributed by atoms with Gasteiger partial charge in [-0.3, -0.25) is 4.99 Å². The van der Waals surface area contributed by atoms with Crippen LogP contribution >= 0.6 is 0 Å². The van der Waals surface area contributed by atoms with E-state index >= 15 is 0 Å². The van der Waals surface area contributed by atoms with Gasteiger partial charge in [0.1, 0.15) is 0 Å². The first-order valence-electron chi connectivity index (χ1n) is 9.12. The van der Waals surface area contributed by atoms with Crippen LogP contribution in [0.15, 0.2) is 53.5 Å². The van der Waals surface area contributed by atoms with E-state index in [0.717, 1.165) is 31.7 Å². The van der Waals surface area contributed by atoms with E-state index in [1.165, 1.54) is 36.0 Å². The van der Waals surface area contributed by atoms with Crippen LogP contribution in [-0.4, -0.2) is 19.1 Å². The molecule has 4 heteroatoms. The molecule has 0 fully saturated rings. The fraction of sp³-hybridized carbons (Fsp3) is 0.381. The van der Waals surface area contributed by atoms with E-state index < -0.39 is 0 Å². The summed E-state index contributed by atoms with van der Waals surface area (Å²) in [6.45, 7) is 2.15. The van der Waals surface area contributed by atoms with Crippen molar-refractivity contribution < 1.29 is 4.74 Å². The highest BCUT2D eigenvalue weighted by molar-refractivity contribution is 5.92. The molecule has 0 radical (unpaired) electrons. The number of hydrogen-bond donors (Lipinski definition) is 2. The van der Waals surface area contributed by atoms with Crippen LogP contribution in [0.25, 0.3) is 0 Å². The molecule has 0 aliphatic heterocycles. The molecule has 0 heterocycles. The van der Waals surface area contributed by atoms with E-state index in [4.69, 9.17) is 10.5 Å². The number of hydrogen-bond acceptors (Lipinski definition) is 2. The molecule has 2 aromatic carbocycles. The molecule has 0 atom stereocenters. The van der Waals surface area contributed by atoms with Crippen LogP contribution in [0.1, 0.15) is 36.0 Å². The predicted octanol–water partition coefficient (Wildman–Crippen LogP) is 3.90. The van der Waals surface area contributed by atoms with Crippen LogP contribution in [-0.2, 0) is 24.2 Å². The number of nitrogens with one attached hydrogen (secondary N) is 1. The number of aliphatic imine (C=N–C) groups is 1. The summed E-state index contributed by atoms with van der Waals surface area (Å²) in [5, 5.41) is 3.19. The third-order valence-corrected chi connectivity index (χ3v) is 4.46. The van der Waals surface area contributed by atoms with Crippen LogP contribution in [0.4, 0.5) is 5.69 Å². The molecule has 3 N–H and O–H groups in total. The van der Waals surface area contributed by atoms with Crippen molar-refractivity contribution in [1.29, 1.82) is 0 Å². The zero-order valence-corrected chi connectivity index (χ0v) is 14.7. The van der Waals surface area contributed by atoms with Gasteiger partial charge in [-0.15, -0.1) is 0 Å². The summed E-state index contributed by atoms with van der Waals surface area (Å²) in [5.74, 6) is 0.489. The lowest BCUT2D eigenvalue weighted by Crippen LogP contribution is -2.23. The fourth-order valence-corrected chi connectivity index (χ4v) is 3.12. The summed E-state index contributed by atoms with van der Waals surface area (Å²) >= 11 is 0. The normalized spacial score (nSPS) is 13.7. The SMILES string of the molecule is NC(=NCCCCOCc1ccccc1)Nc1ccc2c(c1)CCC2. The minimum absolute atomic E-state index is 0.489. The maximum atomic E-state index is 5.98. The van der Waals surface area contributed by atoms with Crippen LogP contribution in [0.2, 0.25) is 0 Å². The Morgan fingerprint density at radius 3 is 2.76 bits per heavy atom. The molecule has 0 bridgehead atoms. The number of nitrogens with two attached hydrogens (primary N) is 1. The Kier molecular flexibility index (Phi) is 6.46. The third-order valence-electron chi connectivity index (χ3n) is 4.46. The Morgan fingerprint density at radius 1 is 1.04 bits per heavy atom. The predicted molar refractivity (Wildman–Crippen MR) is 104 cm³/mol. The molecule has 1 aliphatic rings. The lowest BCUT2D eigenvalue weighted by molar-refractivity contribution is 0.117. The lowest BCUT2D eigenvalue weighted by atomic mass is 10.1. The quantitative estimate of drug-likeness (QED) is 0.436. The van der Waals surface area contributed by atoms with Gasteiger partial charge in [-0.25, -0.2) is 0 Å². The maximum Gasteiger partial charge on any atom is 0.193 e. The van der Waals surface area contributed by atoms with E-state index in [9.17, 15) is 0 Å². The number of nitrogens with zero attached hydrogens (tertiary/aromatic N) is 1. The standard InChI is InChI=1S/C21H27N3O/c22-21(24-20-12-11-18-9-6-10-19(18)15-20)23-13-4-5-14-25-16-17-7-2-1-3-8-17/h1-3,7-8,11-12,15H,4-6,9-10,13-14,16H2,(H3,22,23,24). The van der Waals surface area contributed by atoms with Gasteiger partial charge in [0.25, 0.3) is 0 Å². The van der Waals surface area contributed by atoms with E-state index in [1.54, 1.807) is 0 Å². The smallest absolute Gasteiger partial charge is 0.193 e. The van der Waals surface area contributed by atoms with Gasteiger partial charge in [-0.05, 0) is 60.9 Å². The molecule has 0 amide bonds. The van der Waals surface area contributed by atoms with Gasteiger partial charge in [0, 0.05) is 18.8 Å². The topological polar surface area (TPSA) is 59.6 Å². The van der Waals surface area contributed by atoms with Gasteiger partial charge >= 0.3 is 0 Å². The van der Waals surface area contributed by atoms with E-state index in [1.807, 2.05) is 18.2 Å². The summed E-state index contributed by atoms with van der Waals surface area (Å²) in [4.78, 5) is 4.40. The Morgan fingerprint density at radius 2 is 1.88 bits per heavy atom. The molecule has 0 saturated carbocycles. The van der Waals surface area contributed by atoms with Crippen LogP contribution in [0.5, 0.6) is 0 Å². The first-order chi connectivity index (χ1) is 12.3. The number of rotatable bonds is 8. The zero-order chi connectivity index (χ0) is 17.3. The average Bonchev–Trinajstić information content (AvgIpc) is 3.09. The van der Waals surface area contributed by atoms with E-state index in [0.29, 0.717) is 12.6 Å². The molecule has 0 unspecified atom stereocenters. The van der Waals surface area contributed by atoms with Crippen molar-refractivity contribution in [2.75, 3.05) is 18.5 Å². The van der Waals surface area contributed by atoms with Crippen LogP contribution < -0.4 is 11.1 Å². The van der Waals surface area contributed by atoms with Gasteiger partial charge < -0.3 is 15.8 Å². The number of benzene rings is 2. The monoisotopic (exact) mass is 337 g/mol. The number of aryl methyl sites for hydroxylation is 2. The van der Waals surface area contributed by atoms with Crippen LogP contribution in [0, 0.1) is 0 Å². The number of ether oxygens (including phenoxy) is 1. The largest absolute Gasteiger partial charge is 0.377 e. The van der Waals surface area contributed by atoms with Crippen molar-refractivity contribution in [3.63, 3.8) is 0 Å². The second-order valence-electron chi connectivity index (χ2n) is 6.47. The van der Waals surface area contributed by atoms with Gasteiger partial charge in [0.2, 0.25) is 0 Å². The Bertz CT molecular complexity index is 698. The number of anilines is 1. The van der Waals surface area contributed by atoms with Crippen molar-refractivity contribution >= 4 is 11.6 Å². The van der Waals surface area contributed by atoms with Crippen molar-refractivity contribution in [1.82, 2.24) is 0 Å². The minimum atomic E-state index is 0.489. The zero-order valence-electron chi connectivity index (χ0n) is 14.7. The second kappa shape index (κ2) is 9.23. The summed E-state index contributed by atoms with van der Waals surface area (Å²) < 4.78 is 5.67. The second-order valence-corrected chi connectivity index (χ2v) is 6.47.